The van der Waals surface area contributed by atoms with Gasteiger partial charge in [-0.3, -0.25) is 14.9 Å². The second-order valence-corrected chi connectivity index (χ2v) is 3.40. The number of hydrogen-bond acceptors (Lipinski definition) is 3. The normalized spacial score (nSPS) is 13.4. The molecule has 1 N–H and O–H groups in total. The highest BCUT2D eigenvalue weighted by atomic mass is 16.2. The van der Waals surface area contributed by atoms with Gasteiger partial charge in [-0.15, -0.1) is 0 Å². The summed E-state index contributed by atoms with van der Waals surface area (Å²) in [7, 11) is 0. The maximum absolute atomic E-state index is 11.4. The molecule has 0 radical (unpaired) electrons. The third-order valence-corrected chi connectivity index (χ3v) is 2.32. The fourth-order valence-corrected chi connectivity index (χ4v) is 1.56. The molecule has 1 aliphatic heterocycles. The van der Waals surface area contributed by atoms with E-state index in [0.29, 0.717) is 11.1 Å². The summed E-state index contributed by atoms with van der Waals surface area (Å²) >= 11 is 0. The van der Waals surface area contributed by atoms with Crippen LogP contribution in [-0.2, 0) is 0 Å². The van der Waals surface area contributed by atoms with Gasteiger partial charge >= 0.3 is 0 Å². The van der Waals surface area contributed by atoms with E-state index in [1.165, 1.54) is 0 Å². The molecule has 1 aromatic carbocycles. The van der Waals surface area contributed by atoms with Crippen molar-refractivity contribution in [3.63, 3.8) is 0 Å². The molecule has 6 heteroatoms. The SMILES string of the molecule is [N-]=[N+]=NCC=Cc1ccc2c(c1)C(=O)NC2=O. The first-order valence-electron chi connectivity index (χ1n) is 4.89. The van der Waals surface area contributed by atoms with Crippen molar-refractivity contribution in [2.45, 2.75) is 0 Å². The number of azide groups is 1. The van der Waals surface area contributed by atoms with Crippen LogP contribution >= 0.6 is 0 Å². The molecule has 0 spiro atoms. The summed E-state index contributed by atoms with van der Waals surface area (Å²) in [5, 5.41) is 5.56. The first-order chi connectivity index (χ1) is 8.22. The van der Waals surface area contributed by atoms with Crippen molar-refractivity contribution in [3.8, 4) is 0 Å². The first-order valence-corrected chi connectivity index (χ1v) is 4.89. The predicted molar refractivity (Wildman–Crippen MR) is 61.3 cm³/mol. The van der Waals surface area contributed by atoms with E-state index in [2.05, 4.69) is 15.3 Å². The van der Waals surface area contributed by atoms with Crippen LogP contribution in [0.1, 0.15) is 26.3 Å². The second-order valence-electron chi connectivity index (χ2n) is 3.40. The van der Waals surface area contributed by atoms with Gasteiger partial charge in [-0.05, 0) is 23.2 Å². The fraction of sp³-hybridized carbons (Fsp3) is 0.0909. The van der Waals surface area contributed by atoms with Crippen LogP contribution in [0.15, 0.2) is 29.4 Å². The van der Waals surface area contributed by atoms with Crippen molar-refractivity contribution in [1.29, 1.82) is 0 Å². The van der Waals surface area contributed by atoms with Crippen LogP contribution in [-0.4, -0.2) is 18.4 Å². The lowest BCUT2D eigenvalue weighted by molar-refractivity contribution is 0.0879. The van der Waals surface area contributed by atoms with Crippen molar-refractivity contribution >= 4 is 17.9 Å². The molecule has 0 saturated heterocycles. The highest BCUT2D eigenvalue weighted by Gasteiger charge is 2.26. The van der Waals surface area contributed by atoms with E-state index in [1.807, 2.05) is 0 Å². The Morgan fingerprint density at radius 3 is 2.82 bits per heavy atom. The summed E-state index contributed by atoms with van der Waals surface area (Å²) in [6.45, 7) is 0.249. The molecule has 6 nitrogen and oxygen atoms in total. The quantitative estimate of drug-likeness (QED) is 0.370. The van der Waals surface area contributed by atoms with Crippen LogP contribution in [0.5, 0.6) is 0 Å². The molecule has 2 amide bonds. The highest BCUT2D eigenvalue weighted by Crippen LogP contribution is 2.17. The van der Waals surface area contributed by atoms with Gasteiger partial charge in [0, 0.05) is 11.5 Å². The van der Waals surface area contributed by atoms with E-state index in [9.17, 15) is 9.59 Å². The number of benzene rings is 1. The molecule has 1 heterocycles. The van der Waals surface area contributed by atoms with Crippen LogP contribution in [0.3, 0.4) is 0 Å². The molecule has 84 valence electrons. The van der Waals surface area contributed by atoms with Gasteiger partial charge in [0.2, 0.25) is 0 Å². The van der Waals surface area contributed by atoms with Gasteiger partial charge in [-0.25, -0.2) is 0 Å². The van der Waals surface area contributed by atoms with E-state index >= 15 is 0 Å². The highest BCUT2D eigenvalue weighted by molar-refractivity contribution is 6.21. The van der Waals surface area contributed by atoms with Crippen molar-refractivity contribution in [3.05, 3.63) is 51.4 Å². The molecule has 1 aromatic rings. The Kier molecular flexibility index (Phi) is 2.89. The fourth-order valence-electron chi connectivity index (χ4n) is 1.56. The molecule has 0 bridgehead atoms. The van der Waals surface area contributed by atoms with Gasteiger partial charge in [-0.1, -0.05) is 23.3 Å². The lowest BCUT2D eigenvalue weighted by Gasteiger charge is -1.96. The maximum Gasteiger partial charge on any atom is 0.258 e. The van der Waals surface area contributed by atoms with Crippen molar-refractivity contribution in [2.24, 2.45) is 5.11 Å². The molecule has 0 unspecified atom stereocenters. The minimum Gasteiger partial charge on any atom is -0.288 e. The number of fused-ring (bicyclic) bond motifs is 1. The summed E-state index contributed by atoms with van der Waals surface area (Å²) in [5.41, 5.74) is 9.63. The van der Waals surface area contributed by atoms with Gasteiger partial charge in [0.1, 0.15) is 0 Å². The molecule has 0 saturated carbocycles. The Hall–Kier alpha value is -2.59. The summed E-state index contributed by atoms with van der Waals surface area (Å²) in [4.78, 5) is 25.3. The van der Waals surface area contributed by atoms with Gasteiger partial charge in [0.25, 0.3) is 11.8 Å². The minimum atomic E-state index is -0.379. The summed E-state index contributed by atoms with van der Waals surface area (Å²) in [6, 6.07) is 4.95. The smallest absolute Gasteiger partial charge is 0.258 e. The topological polar surface area (TPSA) is 94.9 Å². The zero-order valence-electron chi connectivity index (χ0n) is 8.75. The average Bonchev–Trinajstić information content (AvgIpc) is 2.61. The number of amides is 2. The van der Waals surface area contributed by atoms with E-state index in [1.54, 1.807) is 30.4 Å². The number of hydrogen-bond donors (Lipinski definition) is 1. The van der Waals surface area contributed by atoms with Gasteiger partial charge in [0.05, 0.1) is 11.1 Å². The third-order valence-electron chi connectivity index (χ3n) is 2.32. The largest absolute Gasteiger partial charge is 0.288 e. The Balaban J connectivity index is 2.25. The number of nitrogens with one attached hydrogen (secondary N) is 1. The van der Waals surface area contributed by atoms with E-state index in [-0.39, 0.29) is 18.4 Å². The van der Waals surface area contributed by atoms with Crippen molar-refractivity contribution in [2.75, 3.05) is 6.54 Å². The Bertz CT molecular complexity index is 571. The minimum absolute atomic E-state index is 0.249. The lowest BCUT2D eigenvalue weighted by atomic mass is 10.1. The Morgan fingerprint density at radius 1 is 1.29 bits per heavy atom. The molecular formula is C11H8N4O2. The summed E-state index contributed by atoms with van der Waals surface area (Å²) < 4.78 is 0. The zero-order chi connectivity index (χ0) is 12.3. The molecule has 2 rings (SSSR count). The Morgan fingerprint density at radius 2 is 2.06 bits per heavy atom. The van der Waals surface area contributed by atoms with Crippen molar-refractivity contribution in [1.82, 2.24) is 5.32 Å². The number of imide groups is 1. The lowest BCUT2D eigenvalue weighted by Crippen LogP contribution is -2.19. The predicted octanol–water partition coefficient (Wildman–Crippen LogP) is 1.89. The summed E-state index contributed by atoms with van der Waals surface area (Å²) in [6.07, 6.45) is 3.40. The molecule has 0 aliphatic carbocycles. The summed E-state index contributed by atoms with van der Waals surface area (Å²) in [5.74, 6) is -0.745. The monoisotopic (exact) mass is 228 g/mol. The molecule has 17 heavy (non-hydrogen) atoms. The van der Waals surface area contributed by atoms with Gasteiger partial charge < -0.3 is 0 Å². The maximum atomic E-state index is 11.4. The van der Waals surface area contributed by atoms with E-state index < -0.39 is 0 Å². The molecule has 0 atom stereocenters. The number of nitrogens with zero attached hydrogens (tertiary/aromatic N) is 3. The van der Waals surface area contributed by atoms with Crippen LogP contribution in [0.25, 0.3) is 16.5 Å². The molecule has 1 aliphatic rings. The first kappa shape index (κ1) is 10.9. The average molecular weight is 228 g/mol. The number of rotatable bonds is 3. The number of carbonyl (C=O) groups excluding carboxylic acids is 2. The van der Waals surface area contributed by atoms with Crippen molar-refractivity contribution < 1.29 is 9.59 Å². The standard InChI is InChI=1S/C11H8N4O2/c12-15-13-5-1-2-7-3-4-8-9(6-7)11(17)14-10(8)16/h1-4,6H,5H2,(H,14,16,17). The molecule has 0 aromatic heterocycles. The molecular weight excluding hydrogens is 220 g/mol. The third kappa shape index (κ3) is 2.16. The van der Waals surface area contributed by atoms with E-state index in [4.69, 9.17) is 5.53 Å². The van der Waals surface area contributed by atoms with Gasteiger partial charge in [0.15, 0.2) is 0 Å². The van der Waals surface area contributed by atoms with Crippen LogP contribution in [0.4, 0.5) is 0 Å². The second kappa shape index (κ2) is 4.51. The van der Waals surface area contributed by atoms with Gasteiger partial charge in [-0.2, -0.15) is 0 Å². The van der Waals surface area contributed by atoms with Crippen LogP contribution < -0.4 is 5.32 Å². The molecule has 0 fully saturated rings. The zero-order valence-corrected chi connectivity index (χ0v) is 8.75. The number of carbonyl (C=O) groups is 2. The van der Waals surface area contributed by atoms with Crippen LogP contribution in [0, 0.1) is 0 Å². The Labute approximate surface area is 96.6 Å². The van der Waals surface area contributed by atoms with Crippen LogP contribution in [0.2, 0.25) is 0 Å². The van der Waals surface area contributed by atoms with E-state index in [0.717, 1.165) is 5.56 Å².